The fourth-order valence-corrected chi connectivity index (χ4v) is 2.54. The van der Waals surface area contributed by atoms with Gasteiger partial charge in [-0.05, 0) is 32.2 Å². The third-order valence-electron chi connectivity index (χ3n) is 3.84. The lowest BCUT2D eigenvalue weighted by Crippen LogP contribution is -2.50. The lowest BCUT2D eigenvalue weighted by molar-refractivity contribution is -0.0565. The van der Waals surface area contributed by atoms with Gasteiger partial charge in [0.25, 0.3) is 0 Å². The molecule has 2 fully saturated rings. The lowest BCUT2D eigenvalue weighted by Gasteiger charge is -2.38. The van der Waals surface area contributed by atoms with Crippen LogP contribution < -0.4 is 5.73 Å². The van der Waals surface area contributed by atoms with Crippen LogP contribution in [-0.2, 0) is 4.74 Å². The van der Waals surface area contributed by atoms with Crippen molar-refractivity contribution in [3.8, 4) is 0 Å². The molecule has 0 aromatic heterocycles. The number of morpholine rings is 1. The summed E-state index contributed by atoms with van der Waals surface area (Å²) in [6.07, 6.45) is 3.51. The van der Waals surface area contributed by atoms with Gasteiger partial charge in [0, 0.05) is 19.1 Å². The average Bonchev–Trinajstić information content (AvgIpc) is 2.55. The summed E-state index contributed by atoms with van der Waals surface area (Å²) >= 11 is 0. The Bertz CT molecular complexity index is 186. The zero-order chi connectivity index (χ0) is 10.1. The van der Waals surface area contributed by atoms with Crippen molar-refractivity contribution in [2.45, 2.75) is 44.9 Å². The van der Waals surface area contributed by atoms with E-state index in [4.69, 9.17) is 10.5 Å². The normalized spacial score (nSPS) is 37.1. The van der Waals surface area contributed by atoms with E-state index in [2.05, 4.69) is 18.7 Å². The summed E-state index contributed by atoms with van der Waals surface area (Å²) in [5, 5.41) is 0. The number of likely N-dealkylation sites (tertiary alicyclic amines) is 1. The van der Waals surface area contributed by atoms with Crippen molar-refractivity contribution in [1.82, 2.24) is 4.90 Å². The van der Waals surface area contributed by atoms with Crippen LogP contribution in [0.3, 0.4) is 0 Å². The van der Waals surface area contributed by atoms with Crippen LogP contribution in [0, 0.1) is 5.92 Å². The maximum atomic E-state index is 5.82. The van der Waals surface area contributed by atoms with Gasteiger partial charge in [-0.15, -0.1) is 0 Å². The molecule has 0 radical (unpaired) electrons. The van der Waals surface area contributed by atoms with Crippen molar-refractivity contribution in [2.24, 2.45) is 11.7 Å². The highest BCUT2D eigenvalue weighted by Crippen LogP contribution is 2.28. The summed E-state index contributed by atoms with van der Waals surface area (Å²) in [6.45, 7) is 7.54. The predicted octanol–water partition coefficient (Wildman–Crippen LogP) is 0.833. The molecule has 0 saturated carbocycles. The number of hydrogen-bond donors (Lipinski definition) is 1. The summed E-state index contributed by atoms with van der Waals surface area (Å²) in [5.74, 6) is 0.590. The van der Waals surface area contributed by atoms with E-state index < -0.39 is 0 Å². The van der Waals surface area contributed by atoms with Gasteiger partial charge in [-0.1, -0.05) is 6.92 Å². The number of fused-ring (bicyclic) bond motifs is 2. The van der Waals surface area contributed by atoms with Crippen LogP contribution >= 0.6 is 0 Å². The second-order valence-electron chi connectivity index (χ2n) is 4.86. The molecule has 0 aliphatic carbocycles. The minimum atomic E-state index is 0.501. The first-order valence-corrected chi connectivity index (χ1v) is 5.80. The summed E-state index contributed by atoms with van der Waals surface area (Å²) in [6, 6.07) is 0.604. The van der Waals surface area contributed by atoms with Crippen molar-refractivity contribution >= 4 is 0 Å². The average molecular weight is 198 g/mol. The quantitative estimate of drug-likeness (QED) is 0.730. The van der Waals surface area contributed by atoms with Gasteiger partial charge in [-0.3, -0.25) is 4.90 Å². The van der Waals surface area contributed by atoms with Crippen LogP contribution in [0.1, 0.15) is 26.7 Å². The Morgan fingerprint density at radius 2 is 1.86 bits per heavy atom. The van der Waals surface area contributed by atoms with Crippen LogP contribution in [-0.4, -0.2) is 42.8 Å². The van der Waals surface area contributed by atoms with Gasteiger partial charge in [0.1, 0.15) is 0 Å². The van der Waals surface area contributed by atoms with Crippen LogP contribution in [0.4, 0.5) is 0 Å². The van der Waals surface area contributed by atoms with Crippen molar-refractivity contribution in [3.63, 3.8) is 0 Å². The zero-order valence-electron chi connectivity index (χ0n) is 9.28. The summed E-state index contributed by atoms with van der Waals surface area (Å²) in [5.41, 5.74) is 5.71. The topological polar surface area (TPSA) is 38.5 Å². The SMILES string of the molecule is CC(CN)C(C)N1CC2CCC(C1)O2. The first-order chi connectivity index (χ1) is 6.70. The highest BCUT2D eigenvalue weighted by atomic mass is 16.5. The third kappa shape index (κ3) is 1.95. The summed E-state index contributed by atoms with van der Waals surface area (Å²) in [4.78, 5) is 2.56. The third-order valence-corrected chi connectivity index (χ3v) is 3.84. The molecule has 0 spiro atoms. The zero-order valence-corrected chi connectivity index (χ0v) is 9.28. The van der Waals surface area contributed by atoms with E-state index in [1.807, 2.05) is 0 Å². The predicted molar refractivity (Wildman–Crippen MR) is 57.1 cm³/mol. The highest BCUT2D eigenvalue weighted by Gasteiger charge is 2.36. The molecule has 4 atom stereocenters. The molecular weight excluding hydrogens is 176 g/mol. The first kappa shape index (κ1) is 10.4. The van der Waals surface area contributed by atoms with Gasteiger partial charge < -0.3 is 10.5 Å². The standard InChI is InChI=1S/C11H22N2O/c1-8(5-12)9(2)13-6-10-3-4-11(7-13)14-10/h8-11H,3-7,12H2,1-2H3. The van der Waals surface area contributed by atoms with Gasteiger partial charge in [-0.25, -0.2) is 0 Å². The fourth-order valence-electron chi connectivity index (χ4n) is 2.54. The molecule has 14 heavy (non-hydrogen) atoms. The minimum Gasteiger partial charge on any atom is -0.372 e. The molecule has 2 rings (SSSR count). The molecule has 2 aliphatic heterocycles. The summed E-state index contributed by atoms with van der Waals surface area (Å²) in [7, 11) is 0. The molecule has 0 aromatic carbocycles. The van der Waals surface area contributed by atoms with Gasteiger partial charge >= 0.3 is 0 Å². The Balaban J connectivity index is 1.92. The van der Waals surface area contributed by atoms with Gasteiger partial charge in [0.2, 0.25) is 0 Å². The number of nitrogens with zero attached hydrogens (tertiary/aromatic N) is 1. The van der Waals surface area contributed by atoms with Crippen molar-refractivity contribution < 1.29 is 4.74 Å². The van der Waals surface area contributed by atoms with Crippen LogP contribution in [0.5, 0.6) is 0 Å². The monoisotopic (exact) mass is 198 g/mol. The van der Waals surface area contributed by atoms with E-state index in [9.17, 15) is 0 Å². The van der Waals surface area contributed by atoms with E-state index in [-0.39, 0.29) is 0 Å². The molecule has 82 valence electrons. The Morgan fingerprint density at radius 3 is 2.36 bits per heavy atom. The largest absolute Gasteiger partial charge is 0.372 e. The molecule has 2 saturated heterocycles. The molecular formula is C11H22N2O. The van der Waals surface area contributed by atoms with E-state index >= 15 is 0 Å². The molecule has 2 N–H and O–H groups in total. The van der Waals surface area contributed by atoms with E-state index in [1.54, 1.807) is 0 Å². The number of rotatable bonds is 3. The molecule has 0 amide bonds. The van der Waals surface area contributed by atoms with Crippen LogP contribution in [0.15, 0.2) is 0 Å². The van der Waals surface area contributed by atoms with E-state index in [0.717, 1.165) is 19.6 Å². The Morgan fingerprint density at radius 1 is 1.29 bits per heavy atom. The Labute approximate surface area is 86.6 Å². The maximum Gasteiger partial charge on any atom is 0.0707 e. The van der Waals surface area contributed by atoms with Crippen molar-refractivity contribution in [1.29, 1.82) is 0 Å². The molecule has 3 heteroatoms. The minimum absolute atomic E-state index is 0.501. The smallest absolute Gasteiger partial charge is 0.0707 e. The highest BCUT2D eigenvalue weighted by molar-refractivity contribution is 4.88. The van der Waals surface area contributed by atoms with E-state index in [1.165, 1.54) is 12.8 Å². The van der Waals surface area contributed by atoms with Gasteiger partial charge in [0.05, 0.1) is 12.2 Å². The molecule has 2 aliphatic rings. The van der Waals surface area contributed by atoms with Crippen molar-refractivity contribution in [2.75, 3.05) is 19.6 Å². The van der Waals surface area contributed by atoms with Crippen LogP contribution in [0.25, 0.3) is 0 Å². The number of nitrogens with two attached hydrogens (primary N) is 1. The second-order valence-corrected chi connectivity index (χ2v) is 4.86. The Kier molecular flexibility index (Phi) is 3.10. The van der Waals surface area contributed by atoms with Crippen molar-refractivity contribution in [3.05, 3.63) is 0 Å². The number of hydrogen-bond acceptors (Lipinski definition) is 3. The molecule has 2 bridgehead atoms. The maximum absolute atomic E-state index is 5.82. The fraction of sp³-hybridized carbons (Fsp3) is 1.00. The second kappa shape index (κ2) is 4.17. The first-order valence-electron chi connectivity index (χ1n) is 5.80. The molecule has 2 heterocycles. The number of ether oxygens (including phenoxy) is 1. The van der Waals surface area contributed by atoms with E-state index in [0.29, 0.717) is 24.2 Å². The van der Waals surface area contributed by atoms with Gasteiger partial charge in [0.15, 0.2) is 0 Å². The molecule has 4 unspecified atom stereocenters. The Hall–Kier alpha value is -0.120. The van der Waals surface area contributed by atoms with Crippen LogP contribution in [0.2, 0.25) is 0 Å². The summed E-state index contributed by atoms with van der Waals surface area (Å²) < 4.78 is 5.82. The lowest BCUT2D eigenvalue weighted by atomic mass is 10.0. The molecule has 3 nitrogen and oxygen atoms in total. The molecule has 0 aromatic rings. The van der Waals surface area contributed by atoms with Gasteiger partial charge in [-0.2, -0.15) is 0 Å².